The quantitative estimate of drug-likeness (QED) is 0.587. The van der Waals surface area contributed by atoms with Crippen molar-refractivity contribution >= 4 is 30.7 Å². The summed E-state index contributed by atoms with van der Waals surface area (Å²) in [4.78, 5) is 4.14. The maximum atomic E-state index is 9.45. The van der Waals surface area contributed by atoms with Crippen LogP contribution in [0.25, 0.3) is 11.0 Å². The highest BCUT2D eigenvalue weighted by Crippen LogP contribution is 2.30. The van der Waals surface area contributed by atoms with E-state index in [9.17, 15) is 5.11 Å². The Morgan fingerprint density at radius 3 is 2.76 bits per heavy atom. The van der Waals surface area contributed by atoms with Crippen LogP contribution in [0.1, 0.15) is 0 Å². The van der Waals surface area contributed by atoms with Gasteiger partial charge in [0, 0.05) is 17.6 Å². The van der Waals surface area contributed by atoms with Crippen molar-refractivity contribution in [3.8, 4) is 17.3 Å². The molecule has 2 aromatic rings. The van der Waals surface area contributed by atoms with E-state index in [4.69, 9.17) is 11.6 Å². The van der Waals surface area contributed by atoms with Crippen LogP contribution in [0.5, 0.6) is 5.75 Å². The van der Waals surface area contributed by atoms with Crippen LogP contribution in [0.4, 0.5) is 0 Å². The van der Waals surface area contributed by atoms with Gasteiger partial charge in [0.25, 0.3) is 0 Å². The molecule has 0 atom stereocenters. The average Bonchev–Trinajstić information content (AvgIpc) is 2.63. The SMILES string of the molecule is C[Si](C)(C)C#Cn1ccc2c(Cl)c(O)cnc21. The van der Waals surface area contributed by atoms with Gasteiger partial charge in [-0.05, 0) is 6.07 Å². The van der Waals surface area contributed by atoms with E-state index in [-0.39, 0.29) is 5.75 Å². The molecule has 0 bridgehead atoms. The number of pyridine rings is 1. The number of fused-ring (bicyclic) bond motifs is 1. The van der Waals surface area contributed by atoms with Gasteiger partial charge in [-0.25, -0.2) is 4.98 Å². The van der Waals surface area contributed by atoms with Crippen LogP contribution in [0.3, 0.4) is 0 Å². The fourth-order valence-corrected chi connectivity index (χ4v) is 2.01. The molecule has 0 amide bonds. The molecule has 0 spiro atoms. The Morgan fingerprint density at radius 1 is 1.41 bits per heavy atom. The Hall–Kier alpha value is -1.44. The second kappa shape index (κ2) is 4.10. The van der Waals surface area contributed by atoms with Gasteiger partial charge in [0.15, 0.2) is 11.4 Å². The summed E-state index contributed by atoms with van der Waals surface area (Å²) >= 11 is 5.99. The first-order valence-corrected chi connectivity index (χ1v) is 9.14. The van der Waals surface area contributed by atoms with Gasteiger partial charge in [0.2, 0.25) is 0 Å². The molecule has 17 heavy (non-hydrogen) atoms. The molecule has 0 saturated carbocycles. The van der Waals surface area contributed by atoms with Gasteiger partial charge >= 0.3 is 0 Å². The first-order chi connectivity index (χ1) is 7.88. The lowest BCUT2D eigenvalue weighted by molar-refractivity contribution is 0.474. The zero-order valence-electron chi connectivity index (χ0n) is 9.95. The first-order valence-electron chi connectivity index (χ1n) is 5.26. The number of nitrogens with zero attached hydrogens (tertiary/aromatic N) is 2. The number of hydrogen-bond donors (Lipinski definition) is 1. The lowest BCUT2D eigenvalue weighted by Crippen LogP contribution is -2.16. The maximum Gasteiger partial charge on any atom is 0.153 e. The zero-order valence-corrected chi connectivity index (χ0v) is 11.7. The summed E-state index contributed by atoms with van der Waals surface area (Å²) < 4.78 is 1.75. The van der Waals surface area contributed by atoms with Crippen LogP contribution in [0.2, 0.25) is 24.7 Å². The van der Waals surface area contributed by atoms with E-state index in [1.807, 2.05) is 12.3 Å². The molecule has 5 heteroatoms. The van der Waals surface area contributed by atoms with E-state index in [2.05, 4.69) is 36.2 Å². The summed E-state index contributed by atoms with van der Waals surface area (Å²) in [5, 5.41) is 10.5. The number of aromatic nitrogens is 2. The highest BCUT2D eigenvalue weighted by Gasteiger charge is 2.10. The lowest BCUT2D eigenvalue weighted by atomic mass is 10.3. The minimum Gasteiger partial charge on any atom is -0.505 e. The molecule has 0 aromatic carbocycles. The molecule has 0 unspecified atom stereocenters. The Labute approximate surface area is 106 Å². The smallest absolute Gasteiger partial charge is 0.153 e. The molecule has 1 N–H and O–H groups in total. The highest BCUT2D eigenvalue weighted by molar-refractivity contribution is 6.83. The minimum atomic E-state index is -1.42. The largest absolute Gasteiger partial charge is 0.505 e. The van der Waals surface area contributed by atoms with Gasteiger partial charge in [0.05, 0.1) is 11.2 Å². The number of aromatic hydroxyl groups is 1. The van der Waals surface area contributed by atoms with Crippen molar-refractivity contribution in [2.45, 2.75) is 19.6 Å². The van der Waals surface area contributed by atoms with E-state index in [1.165, 1.54) is 6.20 Å². The fraction of sp³-hybridized carbons (Fsp3) is 0.250. The van der Waals surface area contributed by atoms with Crippen LogP contribution >= 0.6 is 11.6 Å². The number of rotatable bonds is 0. The molecular weight excluding hydrogens is 252 g/mol. The van der Waals surface area contributed by atoms with Crippen LogP contribution in [0, 0.1) is 11.6 Å². The van der Waals surface area contributed by atoms with Crippen molar-refractivity contribution in [1.29, 1.82) is 0 Å². The Kier molecular flexibility index (Phi) is 2.90. The van der Waals surface area contributed by atoms with Crippen LogP contribution < -0.4 is 0 Å². The number of halogens is 1. The summed E-state index contributed by atoms with van der Waals surface area (Å²) in [6.07, 6.45) is 3.16. The summed E-state index contributed by atoms with van der Waals surface area (Å²) in [7, 11) is -1.42. The fourth-order valence-electron chi connectivity index (χ4n) is 1.36. The van der Waals surface area contributed by atoms with Gasteiger partial charge in [-0.2, -0.15) is 0 Å². The summed E-state index contributed by atoms with van der Waals surface area (Å²) in [6, 6.07) is 4.89. The van der Waals surface area contributed by atoms with E-state index < -0.39 is 8.07 Å². The summed E-state index contributed by atoms with van der Waals surface area (Å²) in [5.74, 6) is -0.00456. The Balaban J connectivity index is 2.58. The second-order valence-corrected chi connectivity index (χ2v) is 10.00. The topological polar surface area (TPSA) is 38.0 Å². The van der Waals surface area contributed by atoms with Gasteiger partial charge in [-0.1, -0.05) is 31.2 Å². The molecule has 2 aromatic heterocycles. The third-order valence-electron chi connectivity index (χ3n) is 2.18. The molecule has 0 aliphatic heterocycles. The van der Waals surface area contributed by atoms with E-state index >= 15 is 0 Å². The van der Waals surface area contributed by atoms with Crippen molar-refractivity contribution in [3.05, 3.63) is 23.5 Å². The van der Waals surface area contributed by atoms with Crippen molar-refractivity contribution < 1.29 is 5.11 Å². The molecule has 0 saturated heterocycles. The molecule has 3 nitrogen and oxygen atoms in total. The minimum absolute atomic E-state index is 0.00456. The third-order valence-corrected chi connectivity index (χ3v) is 3.44. The second-order valence-electron chi connectivity index (χ2n) is 4.87. The maximum absolute atomic E-state index is 9.45. The van der Waals surface area contributed by atoms with E-state index in [1.54, 1.807) is 4.57 Å². The summed E-state index contributed by atoms with van der Waals surface area (Å²) in [5.41, 5.74) is 3.94. The van der Waals surface area contributed by atoms with Crippen molar-refractivity contribution in [1.82, 2.24) is 9.55 Å². The van der Waals surface area contributed by atoms with Gasteiger partial charge in [-0.3, -0.25) is 4.57 Å². The van der Waals surface area contributed by atoms with Gasteiger partial charge in [0.1, 0.15) is 8.07 Å². The van der Waals surface area contributed by atoms with Gasteiger partial charge < -0.3 is 5.11 Å². The standard InChI is InChI=1S/C12H13ClN2OSi/c1-17(2,3)7-6-15-5-4-9-11(13)10(16)8-14-12(9)15/h4-5,8,16H,1-3H3. The predicted octanol–water partition coefficient (Wildman–Crippen LogP) is 3.08. The van der Waals surface area contributed by atoms with E-state index in [0.29, 0.717) is 10.7 Å². The van der Waals surface area contributed by atoms with Crippen LogP contribution in [-0.2, 0) is 0 Å². The Morgan fingerprint density at radius 2 is 2.12 bits per heavy atom. The first kappa shape index (κ1) is 12.0. The predicted molar refractivity (Wildman–Crippen MR) is 72.9 cm³/mol. The molecular formula is C12H13ClN2OSi. The third kappa shape index (κ3) is 2.46. The zero-order chi connectivity index (χ0) is 12.6. The highest BCUT2D eigenvalue weighted by atomic mass is 35.5. The normalized spacial score (nSPS) is 11.3. The van der Waals surface area contributed by atoms with E-state index in [0.717, 1.165) is 5.39 Å². The van der Waals surface area contributed by atoms with Crippen LogP contribution in [0.15, 0.2) is 18.5 Å². The van der Waals surface area contributed by atoms with Crippen molar-refractivity contribution in [3.63, 3.8) is 0 Å². The molecule has 2 rings (SSSR count). The number of hydrogen-bond acceptors (Lipinski definition) is 2. The molecule has 0 aliphatic carbocycles. The summed E-state index contributed by atoms with van der Waals surface area (Å²) in [6.45, 7) is 6.54. The lowest BCUT2D eigenvalue weighted by Gasteiger charge is -2.03. The average molecular weight is 265 g/mol. The van der Waals surface area contributed by atoms with Crippen molar-refractivity contribution in [2.24, 2.45) is 0 Å². The molecule has 0 aliphatic rings. The molecule has 2 heterocycles. The molecule has 0 fully saturated rings. The Bertz CT molecular complexity index is 631. The van der Waals surface area contributed by atoms with Crippen LogP contribution in [-0.4, -0.2) is 22.7 Å². The van der Waals surface area contributed by atoms with Gasteiger partial charge in [-0.15, -0.1) is 5.54 Å². The monoisotopic (exact) mass is 264 g/mol. The molecule has 88 valence electrons. The molecule has 0 radical (unpaired) electrons. The van der Waals surface area contributed by atoms with Crippen molar-refractivity contribution in [2.75, 3.05) is 0 Å².